The zero-order chi connectivity index (χ0) is 19.4. The van der Waals surface area contributed by atoms with Gasteiger partial charge in [-0.15, -0.1) is 5.10 Å². The molecule has 0 radical (unpaired) electrons. The third kappa shape index (κ3) is 4.34. The summed E-state index contributed by atoms with van der Waals surface area (Å²) in [5.74, 6) is 0.629. The molecule has 1 aromatic carbocycles. The molecule has 1 N–H and O–H groups in total. The molecule has 0 unspecified atom stereocenters. The average Bonchev–Trinajstić information content (AvgIpc) is 3.05. The van der Waals surface area contributed by atoms with Crippen LogP contribution in [0.25, 0.3) is 5.78 Å². The van der Waals surface area contributed by atoms with Crippen LogP contribution < -0.4 is 9.46 Å². The van der Waals surface area contributed by atoms with Gasteiger partial charge in [0.05, 0.1) is 12.3 Å². The maximum Gasteiger partial charge on any atom is 0.299 e. The molecule has 3 aromatic rings. The van der Waals surface area contributed by atoms with Gasteiger partial charge in [-0.1, -0.05) is 12.1 Å². The Morgan fingerprint density at radius 1 is 1.15 bits per heavy atom. The summed E-state index contributed by atoms with van der Waals surface area (Å²) in [5, 5.41) is 3.72. The van der Waals surface area contributed by atoms with Crippen LogP contribution in [0.3, 0.4) is 0 Å². The van der Waals surface area contributed by atoms with Crippen molar-refractivity contribution in [3.8, 4) is 5.75 Å². The van der Waals surface area contributed by atoms with Crippen molar-refractivity contribution in [2.45, 2.75) is 25.9 Å². The van der Waals surface area contributed by atoms with E-state index in [9.17, 15) is 8.42 Å². The third-order valence-electron chi connectivity index (χ3n) is 3.66. The highest BCUT2D eigenvalue weighted by atomic mass is 32.2. The molecule has 0 atom stereocenters. The minimum absolute atomic E-state index is 0.231. The Labute approximate surface area is 157 Å². The van der Waals surface area contributed by atoms with Gasteiger partial charge in [0.25, 0.3) is 21.0 Å². The van der Waals surface area contributed by atoms with E-state index in [1.807, 2.05) is 20.8 Å². The zero-order valence-electron chi connectivity index (χ0n) is 15.3. The van der Waals surface area contributed by atoms with Gasteiger partial charge in [-0.25, -0.2) is 9.50 Å². The maximum atomic E-state index is 12.7. The molecular weight excluding hydrogens is 370 g/mol. The summed E-state index contributed by atoms with van der Waals surface area (Å²) >= 11 is 0. The summed E-state index contributed by atoms with van der Waals surface area (Å²) in [6.45, 7) is 6.81. The Balaban J connectivity index is 1.86. The summed E-state index contributed by atoms with van der Waals surface area (Å²) in [7, 11) is -4.01. The van der Waals surface area contributed by atoms with Gasteiger partial charge in [0.1, 0.15) is 12.4 Å². The number of fused-ring (bicyclic) bond motifs is 1. The Morgan fingerprint density at radius 2 is 1.93 bits per heavy atom. The van der Waals surface area contributed by atoms with Crippen molar-refractivity contribution in [2.24, 2.45) is 0 Å². The van der Waals surface area contributed by atoms with E-state index in [0.29, 0.717) is 31.3 Å². The lowest BCUT2D eigenvalue weighted by Crippen LogP contribution is -2.16. The van der Waals surface area contributed by atoms with Crippen LogP contribution in [0.4, 0.5) is 5.69 Å². The number of nitrogens with zero attached hydrogens (tertiary/aromatic N) is 4. The molecule has 144 valence electrons. The second-order valence-electron chi connectivity index (χ2n) is 5.79. The average molecular weight is 391 g/mol. The van der Waals surface area contributed by atoms with Crippen molar-refractivity contribution in [1.82, 2.24) is 19.6 Å². The van der Waals surface area contributed by atoms with Crippen molar-refractivity contribution in [3.63, 3.8) is 0 Å². The molecule has 2 aromatic heterocycles. The van der Waals surface area contributed by atoms with E-state index in [1.165, 1.54) is 4.52 Å². The molecule has 0 saturated heterocycles. The number of ether oxygens (including phenoxy) is 2. The second kappa shape index (κ2) is 7.89. The van der Waals surface area contributed by atoms with Gasteiger partial charge in [-0.2, -0.15) is 13.4 Å². The van der Waals surface area contributed by atoms with Crippen LogP contribution in [0.15, 0.2) is 35.5 Å². The number of hydrogen-bond acceptors (Lipinski definition) is 7. The summed E-state index contributed by atoms with van der Waals surface area (Å²) in [5.41, 5.74) is 1.78. The van der Waals surface area contributed by atoms with Gasteiger partial charge >= 0.3 is 0 Å². The van der Waals surface area contributed by atoms with Gasteiger partial charge in [0.2, 0.25) is 0 Å². The minimum Gasteiger partial charge on any atom is -0.489 e. The van der Waals surface area contributed by atoms with E-state index in [4.69, 9.17) is 9.47 Å². The van der Waals surface area contributed by atoms with Crippen LogP contribution in [0.2, 0.25) is 0 Å². The topological polar surface area (TPSA) is 108 Å². The number of hydrogen-bond donors (Lipinski definition) is 1. The highest BCUT2D eigenvalue weighted by Crippen LogP contribution is 2.26. The Hall–Kier alpha value is -2.72. The van der Waals surface area contributed by atoms with Crippen molar-refractivity contribution in [2.75, 3.05) is 24.5 Å². The van der Waals surface area contributed by atoms with E-state index in [0.717, 1.165) is 11.4 Å². The first-order chi connectivity index (χ1) is 12.9. The van der Waals surface area contributed by atoms with Crippen LogP contribution in [-0.4, -0.2) is 47.8 Å². The quantitative estimate of drug-likeness (QED) is 0.585. The summed E-state index contributed by atoms with van der Waals surface area (Å²) in [6, 6.07) is 8.55. The van der Waals surface area contributed by atoms with Gasteiger partial charge in [-0.3, -0.25) is 4.72 Å². The number of anilines is 1. The third-order valence-corrected chi connectivity index (χ3v) is 4.80. The lowest BCUT2D eigenvalue weighted by atomic mass is 10.3. The molecule has 0 aliphatic rings. The monoisotopic (exact) mass is 391 g/mol. The molecule has 0 aliphatic heterocycles. The first-order valence-corrected chi connectivity index (χ1v) is 9.92. The molecule has 0 fully saturated rings. The highest BCUT2D eigenvalue weighted by molar-refractivity contribution is 7.92. The fourth-order valence-corrected chi connectivity index (χ4v) is 3.42. The number of aryl methyl sites for hydroxylation is 2. The summed E-state index contributed by atoms with van der Waals surface area (Å²) in [4.78, 5) is 8.26. The number of benzene rings is 1. The fourth-order valence-electron chi connectivity index (χ4n) is 2.48. The van der Waals surface area contributed by atoms with E-state index < -0.39 is 10.0 Å². The Morgan fingerprint density at radius 3 is 2.70 bits per heavy atom. The van der Waals surface area contributed by atoms with Crippen molar-refractivity contribution < 1.29 is 17.9 Å². The summed E-state index contributed by atoms with van der Waals surface area (Å²) < 4.78 is 40.2. The van der Waals surface area contributed by atoms with Crippen LogP contribution in [0.5, 0.6) is 5.75 Å². The van der Waals surface area contributed by atoms with E-state index in [1.54, 1.807) is 30.3 Å². The lowest BCUT2D eigenvalue weighted by molar-refractivity contribution is 0.110. The molecule has 10 heteroatoms. The smallest absolute Gasteiger partial charge is 0.299 e. The second-order valence-corrected chi connectivity index (χ2v) is 7.37. The van der Waals surface area contributed by atoms with Crippen LogP contribution in [0, 0.1) is 13.8 Å². The molecule has 0 saturated carbocycles. The number of nitrogens with one attached hydrogen (secondary N) is 1. The predicted octanol–water partition coefficient (Wildman–Crippen LogP) is 1.96. The molecule has 0 bridgehead atoms. The van der Waals surface area contributed by atoms with Gasteiger partial charge in [-0.05, 0) is 39.0 Å². The molecule has 0 amide bonds. The van der Waals surface area contributed by atoms with Crippen LogP contribution in [-0.2, 0) is 14.8 Å². The van der Waals surface area contributed by atoms with Crippen LogP contribution in [0.1, 0.15) is 18.3 Å². The molecule has 0 aliphatic carbocycles. The van der Waals surface area contributed by atoms with Crippen molar-refractivity contribution in [1.29, 1.82) is 0 Å². The van der Waals surface area contributed by atoms with Crippen molar-refractivity contribution in [3.05, 3.63) is 41.7 Å². The largest absolute Gasteiger partial charge is 0.489 e. The minimum atomic E-state index is -4.01. The maximum absolute atomic E-state index is 12.7. The van der Waals surface area contributed by atoms with Gasteiger partial charge in [0, 0.05) is 18.0 Å². The molecule has 2 heterocycles. The molecular formula is C17H21N5O4S. The molecule has 9 nitrogen and oxygen atoms in total. The molecule has 3 rings (SSSR count). The van der Waals surface area contributed by atoms with Gasteiger partial charge < -0.3 is 9.47 Å². The standard InChI is InChI=1S/C17H21N5O4S/c1-4-25-9-10-26-15-8-6-5-7-14(15)21-27(23,24)17-19-16-18-12(2)11-13(3)22(16)20-17/h5-8,11,21H,4,9-10H2,1-3H3. The first-order valence-electron chi connectivity index (χ1n) is 8.44. The Kier molecular flexibility index (Phi) is 5.57. The van der Waals surface area contributed by atoms with Crippen molar-refractivity contribution >= 4 is 21.5 Å². The zero-order valence-corrected chi connectivity index (χ0v) is 16.2. The first kappa shape index (κ1) is 19.1. The SMILES string of the molecule is CCOCCOc1ccccc1NS(=O)(=O)c1nc2nc(C)cc(C)n2n1. The van der Waals surface area contributed by atoms with Crippen LogP contribution >= 0.6 is 0 Å². The predicted molar refractivity (Wildman–Crippen MR) is 99.5 cm³/mol. The summed E-state index contributed by atoms with van der Waals surface area (Å²) in [6.07, 6.45) is 0. The normalized spacial score (nSPS) is 11.7. The highest BCUT2D eigenvalue weighted by Gasteiger charge is 2.23. The fraction of sp³-hybridized carbons (Fsp3) is 0.353. The van der Waals surface area contributed by atoms with E-state index in [2.05, 4.69) is 19.8 Å². The Bertz CT molecular complexity index is 1050. The number of rotatable bonds is 8. The number of aromatic nitrogens is 4. The van der Waals surface area contributed by atoms with Gasteiger partial charge in [0.15, 0.2) is 0 Å². The number of para-hydroxylation sites is 2. The van der Waals surface area contributed by atoms with E-state index in [-0.39, 0.29) is 10.9 Å². The number of sulfonamides is 1. The molecule has 27 heavy (non-hydrogen) atoms. The molecule has 0 spiro atoms. The van der Waals surface area contributed by atoms with E-state index >= 15 is 0 Å². The lowest BCUT2D eigenvalue weighted by Gasteiger charge is -2.12.